The summed E-state index contributed by atoms with van der Waals surface area (Å²) in [6.07, 6.45) is -0.397. The van der Waals surface area contributed by atoms with Crippen LogP contribution < -0.4 is 29.3 Å². The molecule has 240 valence electrons. The van der Waals surface area contributed by atoms with Crippen molar-refractivity contribution in [3.8, 4) is 23.0 Å². The van der Waals surface area contributed by atoms with Gasteiger partial charge in [-0.05, 0) is 51.3 Å². The van der Waals surface area contributed by atoms with Gasteiger partial charge in [-0.15, -0.1) is 0 Å². The van der Waals surface area contributed by atoms with Crippen LogP contribution in [0.5, 0.6) is 23.0 Å². The van der Waals surface area contributed by atoms with Crippen molar-refractivity contribution in [3.63, 3.8) is 0 Å². The van der Waals surface area contributed by atoms with Crippen LogP contribution >= 0.6 is 0 Å². The Morgan fingerprint density at radius 2 is 1.33 bits per heavy atom. The molecule has 2 atom stereocenters. The third-order valence-corrected chi connectivity index (χ3v) is 13.6. The summed E-state index contributed by atoms with van der Waals surface area (Å²) >= 11 is 0. The van der Waals surface area contributed by atoms with E-state index in [0.717, 1.165) is 15.9 Å². The molecule has 2 aliphatic heterocycles. The lowest BCUT2D eigenvalue weighted by molar-refractivity contribution is -0.0989. The van der Waals surface area contributed by atoms with E-state index < -0.39 is 20.3 Å². The number of methoxy groups -OCH3 is 1. The van der Waals surface area contributed by atoms with Crippen molar-refractivity contribution in [2.24, 2.45) is 5.92 Å². The molecular weight excluding hydrogens is 600 g/mol. The van der Waals surface area contributed by atoms with Crippen LogP contribution in [-0.4, -0.2) is 48.2 Å². The van der Waals surface area contributed by atoms with E-state index in [-0.39, 0.29) is 44.2 Å². The van der Waals surface area contributed by atoms with Crippen molar-refractivity contribution < 1.29 is 37.6 Å². The van der Waals surface area contributed by atoms with Gasteiger partial charge in [-0.25, -0.2) is 0 Å². The first kappa shape index (κ1) is 31.8. The second kappa shape index (κ2) is 13.7. The summed E-state index contributed by atoms with van der Waals surface area (Å²) in [7, 11) is -1.34. The molecule has 0 aliphatic carbocycles. The quantitative estimate of drug-likeness (QED) is 0.0961. The molecule has 0 fully saturated rings. The molecule has 46 heavy (non-hydrogen) atoms. The molecule has 0 bridgehead atoms. The van der Waals surface area contributed by atoms with Crippen LogP contribution in [0.3, 0.4) is 0 Å². The number of ketones is 1. The molecule has 2 aliphatic rings. The lowest BCUT2D eigenvalue weighted by Crippen LogP contribution is -2.67. The third-order valence-electron chi connectivity index (χ3n) is 8.59. The molecule has 0 saturated carbocycles. The smallest absolute Gasteiger partial charge is 0.261 e. The highest BCUT2D eigenvalue weighted by Crippen LogP contribution is 2.41. The summed E-state index contributed by atoms with van der Waals surface area (Å²) in [5.74, 6) is 2.05. The zero-order valence-electron chi connectivity index (χ0n) is 26.7. The maximum Gasteiger partial charge on any atom is 0.261 e. The van der Waals surface area contributed by atoms with Crippen LogP contribution in [0.4, 0.5) is 0 Å². The molecule has 0 spiro atoms. The molecule has 0 unspecified atom stereocenters. The molecule has 4 aromatic rings. The van der Waals surface area contributed by atoms with Gasteiger partial charge in [-0.3, -0.25) is 4.79 Å². The number of carbonyl (C=O) groups is 1. The number of carbonyl (C=O) groups excluding carboxylic acids is 1. The molecule has 8 nitrogen and oxygen atoms in total. The largest absolute Gasteiger partial charge is 0.454 e. The zero-order chi connectivity index (χ0) is 32.1. The van der Waals surface area contributed by atoms with Crippen molar-refractivity contribution in [2.45, 2.75) is 38.3 Å². The van der Waals surface area contributed by atoms with Gasteiger partial charge in [0.15, 0.2) is 28.8 Å². The van der Waals surface area contributed by atoms with Crippen LogP contribution in [0.15, 0.2) is 97.1 Å². The number of ether oxygens (including phenoxy) is 6. The number of fused-ring (bicyclic) bond motifs is 2. The Kier molecular flexibility index (Phi) is 9.46. The first-order valence-electron chi connectivity index (χ1n) is 15.5. The Bertz CT molecular complexity index is 1600. The van der Waals surface area contributed by atoms with Crippen molar-refractivity contribution in [1.82, 2.24) is 0 Å². The Hall–Kier alpha value is -4.15. The molecule has 0 saturated heterocycles. The summed E-state index contributed by atoms with van der Waals surface area (Å²) in [4.78, 5) is 14.0. The van der Waals surface area contributed by atoms with E-state index in [4.69, 9.17) is 32.8 Å². The summed E-state index contributed by atoms with van der Waals surface area (Å²) < 4.78 is 41.5. The normalized spacial score (nSPS) is 15.0. The molecule has 6 rings (SSSR count). The standard InChI is InChI=1S/C37H40O8Si/c1-37(2,3)46(29-11-7-5-8-12-29,30-13-9-6-10-14-30)45-22-28(19-31(38)26-15-17-32-34(20-26)42-24-40-32)36(44-23-39-4)27-16-18-33-35(21-27)43-25-41-33/h5-18,20-21,28,36H,19,22-25H2,1-4H3/t28-,36-/m1/s1. The monoisotopic (exact) mass is 640 g/mol. The van der Waals surface area contributed by atoms with Gasteiger partial charge in [0.2, 0.25) is 13.6 Å². The summed E-state index contributed by atoms with van der Waals surface area (Å²) in [5, 5.41) is 2.07. The maximum atomic E-state index is 14.0. The minimum Gasteiger partial charge on any atom is -0.454 e. The van der Waals surface area contributed by atoms with Gasteiger partial charge in [0.05, 0.1) is 6.10 Å². The van der Waals surface area contributed by atoms with E-state index in [0.29, 0.717) is 28.6 Å². The van der Waals surface area contributed by atoms with Crippen LogP contribution in [0.1, 0.15) is 49.2 Å². The van der Waals surface area contributed by atoms with E-state index in [1.807, 2.05) is 30.3 Å². The minimum absolute atomic E-state index is 0.0348. The Labute approximate surface area is 271 Å². The fourth-order valence-electron chi connectivity index (χ4n) is 6.41. The van der Waals surface area contributed by atoms with E-state index in [1.165, 1.54) is 0 Å². The topological polar surface area (TPSA) is 81.7 Å². The fourth-order valence-corrected chi connectivity index (χ4v) is 11.0. The molecule has 0 aromatic heterocycles. The van der Waals surface area contributed by atoms with Crippen molar-refractivity contribution >= 4 is 24.5 Å². The molecule has 4 aromatic carbocycles. The number of hydrogen-bond donors (Lipinski definition) is 0. The summed E-state index contributed by atoms with van der Waals surface area (Å²) in [6, 6.07) is 32.0. The van der Waals surface area contributed by atoms with E-state index in [9.17, 15) is 4.79 Å². The van der Waals surface area contributed by atoms with Crippen LogP contribution in [0.25, 0.3) is 0 Å². The van der Waals surface area contributed by atoms with Gasteiger partial charge in [0.1, 0.15) is 6.79 Å². The first-order valence-corrected chi connectivity index (χ1v) is 17.4. The van der Waals surface area contributed by atoms with E-state index in [1.54, 1.807) is 25.3 Å². The predicted molar refractivity (Wildman–Crippen MR) is 177 cm³/mol. The average Bonchev–Trinajstić information content (AvgIpc) is 3.74. The van der Waals surface area contributed by atoms with Gasteiger partial charge >= 0.3 is 0 Å². The SMILES string of the molecule is COCO[C@H](c1ccc2c(c1)OCO2)[C@@H](CO[Si](c1ccccc1)(c1ccccc1)C(C)(C)C)CC(=O)c1ccc2c(c1)OCO2. The minimum atomic E-state index is -2.93. The fraction of sp³-hybridized carbons (Fsp3) is 0.324. The van der Waals surface area contributed by atoms with Crippen molar-refractivity contribution in [3.05, 3.63) is 108 Å². The summed E-state index contributed by atoms with van der Waals surface area (Å²) in [5.41, 5.74) is 1.38. The number of rotatable bonds is 13. The second-order valence-corrected chi connectivity index (χ2v) is 16.8. The lowest BCUT2D eigenvalue weighted by atomic mass is 9.89. The number of Topliss-reactive ketones (excluding diaryl/α,β-unsaturated/α-hetero) is 1. The Balaban J connectivity index is 1.41. The van der Waals surface area contributed by atoms with Crippen molar-refractivity contribution in [1.29, 1.82) is 0 Å². The van der Waals surface area contributed by atoms with Gasteiger partial charge < -0.3 is 32.8 Å². The van der Waals surface area contributed by atoms with Crippen LogP contribution in [0, 0.1) is 5.92 Å². The van der Waals surface area contributed by atoms with Gasteiger partial charge in [-0.1, -0.05) is 87.5 Å². The highest BCUT2D eigenvalue weighted by atomic mass is 28.4. The number of hydrogen-bond acceptors (Lipinski definition) is 8. The third kappa shape index (κ3) is 6.41. The first-order chi connectivity index (χ1) is 22.3. The highest BCUT2D eigenvalue weighted by Gasteiger charge is 2.50. The summed E-state index contributed by atoms with van der Waals surface area (Å²) in [6.45, 7) is 7.30. The predicted octanol–water partition coefficient (Wildman–Crippen LogP) is 6.27. The highest BCUT2D eigenvalue weighted by molar-refractivity contribution is 6.99. The maximum absolute atomic E-state index is 14.0. The Morgan fingerprint density at radius 3 is 1.91 bits per heavy atom. The van der Waals surface area contributed by atoms with Gasteiger partial charge in [0.25, 0.3) is 8.32 Å². The van der Waals surface area contributed by atoms with E-state index in [2.05, 4.69) is 69.3 Å². The molecule has 0 N–H and O–H groups in total. The molecule has 2 heterocycles. The van der Waals surface area contributed by atoms with E-state index >= 15 is 0 Å². The molecule has 9 heteroatoms. The van der Waals surface area contributed by atoms with Crippen LogP contribution in [-0.2, 0) is 13.9 Å². The zero-order valence-corrected chi connectivity index (χ0v) is 27.7. The second-order valence-electron chi connectivity index (χ2n) is 12.5. The average molecular weight is 641 g/mol. The molecule has 0 radical (unpaired) electrons. The van der Waals surface area contributed by atoms with Crippen molar-refractivity contribution in [2.75, 3.05) is 34.1 Å². The molecule has 0 amide bonds. The van der Waals surface area contributed by atoms with Gasteiger partial charge in [-0.2, -0.15) is 0 Å². The Morgan fingerprint density at radius 1 is 0.761 bits per heavy atom. The van der Waals surface area contributed by atoms with Gasteiger partial charge in [0, 0.05) is 31.6 Å². The molecular formula is C37H40O8Si. The lowest BCUT2D eigenvalue weighted by Gasteiger charge is -2.44. The number of benzene rings is 4. The van der Waals surface area contributed by atoms with Crippen LogP contribution in [0.2, 0.25) is 5.04 Å².